The summed E-state index contributed by atoms with van der Waals surface area (Å²) in [5, 5.41) is 0.923. The molecule has 0 unspecified atom stereocenters. The van der Waals surface area contributed by atoms with E-state index in [-0.39, 0.29) is 17.7 Å². The number of hydrogen-bond donors (Lipinski definition) is 0. The molecule has 4 nitrogen and oxygen atoms in total. The molecule has 2 amide bonds. The first-order valence-electron chi connectivity index (χ1n) is 7.42. The van der Waals surface area contributed by atoms with Crippen LogP contribution in [0.25, 0.3) is 6.08 Å². The molecule has 2 aromatic rings. The zero-order valence-electron chi connectivity index (χ0n) is 13.5. The van der Waals surface area contributed by atoms with Crippen LogP contribution in [0.15, 0.2) is 41.3 Å². The summed E-state index contributed by atoms with van der Waals surface area (Å²) < 4.78 is 5.17. The number of carbonyl (C=O) groups is 2. The molecular weight excluding hydrogens is 417 g/mol. The lowest BCUT2D eigenvalue weighted by molar-refractivity contribution is -0.123. The largest absolute Gasteiger partial charge is 0.495 e. The molecule has 1 heterocycles. The molecule has 1 aliphatic heterocycles. The molecule has 1 saturated heterocycles. The Morgan fingerprint density at radius 3 is 2.46 bits per heavy atom. The highest BCUT2D eigenvalue weighted by Crippen LogP contribution is 2.35. The van der Waals surface area contributed by atoms with Gasteiger partial charge in [-0.1, -0.05) is 46.9 Å². The summed E-state index contributed by atoms with van der Waals surface area (Å²) in [6.07, 6.45) is 1.64. The summed E-state index contributed by atoms with van der Waals surface area (Å²) >= 11 is 18.8. The van der Waals surface area contributed by atoms with Gasteiger partial charge in [0.2, 0.25) is 0 Å². The number of ether oxygens (including phenoxy) is 1. The van der Waals surface area contributed by atoms with Gasteiger partial charge in [-0.25, -0.2) is 0 Å². The second kappa shape index (κ2) is 7.92. The van der Waals surface area contributed by atoms with E-state index in [9.17, 15) is 9.59 Å². The summed E-state index contributed by atoms with van der Waals surface area (Å²) in [4.78, 5) is 26.3. The molecule has 0 aliphatic carbocycles. The second-order valence-corrected chi connectivity index (χ2v) is 7.63. The first kappa shape index (κ1) is 19.1. The van der Waals surface area contributed by atoms with E-state index in [0.29, 0.717) is 31.3 Å². The second-order valence-electron chi connectivity index (χ2n) is 5.41. The van der Waals surface area contributed by atoms with Crippen molar-refractivity contribution in [2.45, 2.75) is 6.54 Å². The van der Waals surface area contributed by atoms with Crippen molar-refractivity contribution in [3.05, 3.63) is 67.5 Å². The minimum atomic E-state index is -0.361. The Bertz CT molecular complexity index is 930. The first-order valence-corrected chi connectivity index (χ1v) is 9.37. The van der Waals surface area contributed by atoms with Gasteiger partial charge in [-0.2, -0.15) is 0 Å². The molecule has 0 N–H and O–H groups in total. The van der Waals surface area contributed by atoms with Gasteiger partial charge in [-0.05, 0) is 53.2 Å². The van der Waals surface area contributed by atoms with Gasteiger partial charge in [0.1, 0.15) is 5.75 Å². The molecule has 0 saturated carbocycles. The number of benzene rings is 2. The van der Waals surface area contributed by atoms with E-state index < -0.39 is 0 Å². The average Bonchev–Trinajstić information content (AvgIpc) is 2.87. The van der Waals surface area contributed by atoms with E-state index in [4.69, 9.17) is 39.5 Å². The third-order valence-electron chi connectivity index (χ3n) is 3.67. The Hall–Kier alpha value is -1.66. The number of halogens is 3. The minimum Gasteiger partial charge on any atom is -0.495 e. The summed E-state index contributed by atoms with van der Waals surface area (Å²) in [5.41, 5.74) is 1.43. The van der Waals surface area contributed by atoms with Gasteiger partial charge in [0.05, 0.1) is 33.6 Å². The van der Waals surface area contributed by atoms with Crippen molar-refractivity contribution in [3.63, 3.8) is 0 Å². The van der Waals surface area contributed by atoms with Crippen molar-refractivity contribution >= 4 is 63.8 Å². The molecule has 0 bridgehead atoms. The number of amides is 2. The van der Waals surface area contributed by atoms with Gasteiger partial charge in [0, 0.05) is 0 Å². The van der Waals surface area contributed by atoms with E-state index in [1.54, 1.807) is 42.5 Å². The topological polar surface area (TPSA) is 46.6 Å². The predicted molar refractivity (Wildman–Crippen MR) is 106 cm³/mol. The SMILES string of the molecule is COc1cc(C=C2SC(=O)N(Cc3ccc(Cl)c(Cl)c3)C2=O)ccc1Cl. The van der Waals surface area contributed by atoms with E-state index in [1.165, 1.54) is 12.0 Å². The summed E-state index contributed by atoms with van der Waals surface area (Å²) in [6.45, 7) is 0.128. The van der Waals surface area contributed by atoms with Gasteiger partial charge in [-0.3, -0.25) is 14.5 Å². The molecule has 3 rings (SSSR count). The average molecular weight is 429 g/mol. The van der Waals surface area contributed by atoms with E-state index >= 15 is 0 Å². The Balaban J connectivity index is 1.83. The number of carbonyl (C=O) groups excluding carboxylic acids is 2. The third-order valence-corrected chi connectivity index (χ3v) is 5.63. The van der Waals surface area contributed by atoms with Crippen LogP contribution < -0.4 is 4.74 Å². The van der Waals surface area contributed by atoms with Crippen LogP contribution in [-0.2, 0) is 11.3 Å². The molecule has 0 aromatic heterocycles. The first-order chi connectivity index (χ1) is 12.4. The van der Waals surface area contributed by atoms with Crippen LogP contribution in [0.5, 0.6) is 5.75 Å². The van der Waals surface area contributed by atoms with Gasteiger partial charge < -0.3 is 4.74 Å². The Kier molecular flexibility index (Phi) is 5.82. The molecule has 2 aromatic carbocycles. The number of nitrogens with zero attached hydrogens (tertiary/aromatic N) is 1. The summed E-state index contributed by atoms with van der Waals surface area (Å²) in [5.74, 6) is 0.135. The van der Waals surface area contributed by atoms with Crippen LogP contribution in [-0.4, -0.2) is 23.2 Å². The van der Waals surface area contributed by atoms with Gasteiger partial charge >= 0.3 is 0 Å². The maximum Gasteiger partial charge on any atom is 0.293 e. The molecule has 0 spiro atoms. The number of methoxy groups -OCH3 is 1. The van der Waals surface area contributed by atoms with Crippen LogP contribution >= 0.6 is 46.6 Å². The predicted octanol–water partition coefficient (Wildman–Crippen LogP) is 5.89. The molecule has 0 radical (unpaired) electrons. The van der Waals surface area contributed by atoms with Crippen LogP contribution in [0.1, 0.15) is 11.1 Å². The quantitative estimate of drug-likeness (QED) is 0.569. The lowest BCUT2D eigenvalue weighted by Crippen LogP contribution is -2.27. The van der Waals surface area contributed by atoms with E-state index in [1.807, 2.05) is 0 Å². The van der Waals surface area contributed by atoms with Gasteiger partial charge in [0.15, 0.2) is 0 Å². The van der Waals surface area contributed by atoms with Crippen molar-refractivity contribution < 1.29 is 14.3 Å². The van der Waals surface area contributed by atoms with Crippen LogP contribution in [0.3, 0.4) is 0 Å². The molecular formula is C18H12Cl3NO3S. The molecule has 134 valence electrons. The lowest BCUT2D eigenvalue weighted by atomic mass is 10.2. The highest BCUT2D eigenvalue weighted by Gasteiger charge is 2.35. The monoisotopic (exact) mass is 427 g/mol. The lowest BCUT2D eigenvalue weighted by Gasteiger charge is -2.13. The zero-order chi connectivity index (χ0) is 18.8. The fraction of sp³-hybridized carbons (Fsp3) is 0.111. The van der Waals surface area contributed by atoms with Crippen molar-refractivity contribution in [1.29, 1.82) is 0 Å². The summed E-state index contributed by atoms with van der Waals surface area (Å²) in [7, 11) is 1.51. The van der Waals surface area contributed by atoms with Crippen molar-refractivity contribution in [2.24, 2.45) is 0 Å². The maximum absolute atomic E-state index is 12.6. The van der Waals surface area contributed by atoms with Gasteiger partial charge in [-0.15, -0.1) is 0 Å². The highest BCUT2D eigenvalue weighted by molar-refractivity contribution is 8.18. The number of thioether (sulfide) groups is 1. The van der Waals surface area contributed by atoms with Crippen molar-refractivity contribution in [3.8, 4) is 5.75 Å². The zero-order valence-corrected chi connectivity index (χ0v) is 16.5. The number of rotatable bonds is 4. The van der Waals surface area contributed by atoms with Crippen molar-refractivity contribution in [2.75, 3.05) is 7.11 Å². The van der Waals surface area contributed by atoms with Crippen LogP contribution in [0, 0.1) is 0 Å². The Morgan fingerprint density at radius 2 is 1.77 bits per heavy atom. The fourth-order valence-electron chi connectivity index (χ4n) is 2.37. The molecule has 0 atom stereocenters. The highest BCUT2D eigenvalue weighted by atomic mass is 35.5. The minimum absolute atomic E-state index is 0.128. The number of imide groups is 1. The molecule has 26 heavy (non-hydrogen) atoms. The van der Waals surface area contributed by atoms with Crippen LogP contribution in [0.2, 0.25) is 15.1 Å². The van der Waals surface area contributed by atoms with Gasteiger partial charge in [0.25, 0.3) is 11.1 Å². The van der Waals surface area contributed by atoms with E-state index in [0.717, 1.165) is 17.3 Å². The smallest absolute Gasteiger partial charge is 0.293 e. The normalized spacial score (nSPS) is 15.8. The Labute approximate surface area is 169 Å². The molecule has 1 fully saturated rings. The van der Waals surface area contributed by atoms with E-state index in [2.05, 4.69) is 0 Å². The fourth-order valence-corrected chi connectivity index (χ4v) is 3.73. The maximum atomic E-state index is 12.6. The van der Waals surface area contributed by atoms with Crippen LogP contribution in [0.4, 0.5) is 4.79 Å². The third kappa shape index (κ3) is 4.01. The molecule has 8 heteroatoms. The summed E-state index contributed by atoms with van der Waals surface area (Å²) in [6, 6.07) is 10.1. The molecule has 1 aliphatic rings. The van der Waals surface area contributed by atoms with Crippen molar-refractivity contribution in [1.82, 2.24) is 4.90 Å². The standard InChI is InChI=1S/C18H12Cl3NO3S/c1-25-15-7-10(2-5-13(15)20)8-16-17(23)22(18(24)26-16)9-11-3-4-12(19)14(21)6-11/h2-8H,9H2,1H3. The Morgan fingerprint density at radius 1 is 1.04 bits per heavy atom. The number of hydrogen-bond acceptors (Lipinski definition) is 4.